The van der Waals surface area contributed by atoms with E-state index < -0.39 is 11.6 Å². The summed E-state index contributed by atoms with van der Waals surface area (Å²) in [6.45, 7) is 0. The maximum Gasteiger partial charge on any atom is 0.138 e. The van der Waals surface area contributed by atoms with Crippen LogP contribution in [0, 0.1) is 45.6 Å². The summed E-state index contributed by atoms with van der Waals surface area (Å²) < 4.78 is 29.3. The summed E-state index contributed by atoms with van der Waals surface area (Å²) in [6.07, 6.45) is 2.69. The first-order chi connectivity index (χ1) is 16.0. The van der Waals surface area contributed by atoms with Gasteiger partial charge in [-0.25, -0.2) is 8.78 Å². The third-order valence-corrected chi connectivity index (χ3v) is 5.67. The summed E-state index contributed by atoms with van der Waals surface area (Å²) in [7, 11) is 0. The van der Waals surface area contributed by atoms with E-state index in [0.29, 0.717) is 34.0 Å². The molecule has 1 N–H and O–H groups in total. The van der Waals surface area contributed by atoms with Crippen molar-refractivity contribution in [3.05, 3.63) is 99.8 Å². The minimum Gasteiger partial charge on any atom is -0.507 e. The van der Waals surface area contributed by atoms with Crippen LogP contribution in [0.2, 0.25) is 0 Å². The first-order valence-electron chi connectivity index (χ1n) is 9.69. The third kappa shape index (κ3) is 2.69. The van der Waals surface area contributed by atoms with Crippen LogP contribution in [0.1, 0.15) is 22.3 Å². The average molecular weight is 432 g/mol. The zero-order valence-corrected chi connectivity index (χ0v) is 16.7. The third-order valence-electron chi connectivity index (χ3n) is 5.67. The Hall–Kier alpha value is -5.06. The van der Waals surface area contributed by atoms with Crippen LogP contribution in [-0.2, 0) is 0 Å². The minimum atomic E-state index is -0.956. The second-order valence-corrected chi connectivity index (χ2v) is 7.32. The molecule has 0 unspecified atom stereocenters. The van der Waals surface area contributed by atoms with Crippen molar-refractivity contribution in [1.82, 2.24) is 4.98 Å². The van der Waals surface area contributed by atoms with Gasteiger partial charge < -0.3 is 5.11 Å². The fourth-order valence-corrected chi connectivity index (χ4v) is 4.51. The Bertz CT molecular complexity index is 1610. The van der Waals surface area contributed by atoms with Crippen LogP contribution >= 0.6 is 0 Å². The number of hydrogen-bond acceptors (Lipinski definition) is 5. The zero-order valence-electron chi connectivity index (χ0n) is 16.7. The van der Waals surface area contributed by atoms with Crippen molar-refractivity contribution in [1.29, 1.82) is 15.8 Å². The molecule has 1 heterocycles. The Labute approximate surface area is 186 Å². The van der Waals surface area contributed by atoms with Crippen molar-refractivity contribution in [3.8, 4) is 35.2 Å². The van der Waals surface area contributed by atoms with Crippen LogP contribution < -0.4 is 0 Å². The Kier molecular flexibility index (Phi) is 4.38. The molecule has 5 rings (SSSR count). The van der Waals surface area contributed by atoms with Crippen molar-refractivity contribution in [2.75, 3.05) is 0 Å². The number of hydrogen-bond donors (Lipinski definition) is 1. The average Bonchev–Trinajstić information content (AvgIpc) is 3.29. The van der Waals surface area contributed by atoms with E-state index in [4.69, 9.17) is 0 Å². The van der Waals surface area contributed by atoms with Crippen LogP contribution in [0.15, 0.2) is 65.9 Å². The maximum absolute atomic E-state index is 15.1. The van der Waals surface area contributed by atoms with E-state index in [-0.39, 0.29) is 39.2 Å². The monoisotopic (exact) mass is 432 g/mol. The number of fused-ring (bicyclic) bond motifs is 4. The number of pyridine rings is 1. The number of aromatic hydroxyl groups is 1. The molecule has 0 saturated heterocycles. The summed E-state index contributed by atoms with van der Waals surface area (Å²) in [4.78, 5) is 4.39. The second-order valence-electron chi connectivity index (χ2n) is 7.32. The number of phenolic OH excluding ortho intramolecular Hbond substituents is 1. The van der Waals surface area contributed by atoms with Crippen LogP contribution in [-0.4, -0.2) is 10.1 Å². The van der Waals surface area contributed by atoms with E-state index in [2.05, 4.69) is 4.98 Å². The lowest BCUT2D eigenvalue weighted by Crippen LogP contribution is -1.95. The molecule has 33 heavy (non-hydrogen) atoms. The molecule has 0 radical (unpaired) electrons. The molecule has 7 heteroatoms. The van der Waals surface area contributed by atoms with Gasteiger partial charge in [0.05, 0.1) is 17.3 Å². The van der Waals surface area contributed by atoms with Gasteiger partial charge in [0, 0.05) is 51.8 Å². The van der Waals surface area contributed by atoms with Gasteiger partial charge in [-0.1, -0.05) is 18.2 Å². The van der Waals surface area contributed by atoms with Gasteiger partial charge in [0.1, 0.15) is 35.1 Å². The van der Waals surface area contributed by atoms with Gasteiger partial charge in [-0.05, 0) is 29.3 Å². The highest BCUT2D eigenvalue weighted by atomic mass is 19.1. The molecule has 0 amide bonds. The highest BCUT2D eigenvalue weighted by molar-refractivity contribution is 6.20. The molecule has 0 spiro atoms. The van der Waals surface area contributed by atoms with Gasteiger partial charge in [0.25, 0.3) is 0 Å². The van der Waals surface area contributed by atoms with Gasteiger partial charge in [0.15, 0.2) is 0 Å². The summed E-state index contributed by atoms with van der Waals surface area (Å²) in [5, 5.41) is 39.4. The van der Waals surface area contributed by atoms with Crippen molar-refractivity contribution in [2.45, 2.75) is 0 Å². The van der Waals surface area contributed by atoms with Gasteiger partial charge in [-0.3, -0.25) is 4.98 Å². The van der Waals surface area contributed by atoms with Crippen LogP contribution in [0.5, 0.6) is 5.75 Å². The van der Waals surface area contributed by atoms with Crippen molar-refractivity contribution in [2.24, 2.45) is 0 Å². The standard InChI is InChI=1S/C26H10F2N4O/c27-14-9-18-15(6-7-29)25(21(13(11-30)12-31)23(18)19(28)10-14)22-16-3-1-5-20(33)24(16)26-17(22)4-2-8-32-26/h1-6,8-10,33H/b15-6+,25-22+. The number of halogens is 2. The molecule has 0 bridgehead atoms. The molecule has 2 aliphatic rings. The van der Waals surface area contributed by atoms with Crippen molar-refractivity contribution >= 4 is 16.7 Å². The van der Waals surface area contributed by atoms with E-state index in [1.807, 2.05) is 6.07 Å². The number of phenols is 1. The second kappa shape index (κ2) is 7.27. The summed E-state index contributed by atoms with van der Waals surface area (Å²) in [6, 6.07) is 15.5. The quantitative estimate of drug-likeness (QED) is 0.381. The SMILES string of the molecule is N#C/C=C1/C(=C2\c3cccnc3-c3c(O)cccc32)C(=C(C#N)C#N)c2c(F)cc(F)cc21. The number of aromatic nitrogens is 1. The molecule has 0 aliphatic heterocycles. The Morgan fingerprint density at radius 2 is 1.67 bits per heavy atom. The molecule has 1 aromatic heterocycles. The molecule has 3 aromatic rings. The van der Waals surface area contributed by atoms with Gasteiger partial charge in [-0.2, -0.15) is 15.8 Å². The Morgan fingerprint density at radius 1 is 0.909 bits per heavy atom. The van der Waals surface area contributed by atoms with Crippen molar-refractivity contribution in [3.63, 3.8) is 0 Å². The fraction of sp³-hybridized carbons (Fsp3) is 0. The number of rotatable bonds is 0. The molecular weight excluding hydrogens is 422 g/mol. The fourth-order valence-electron chi connectivity index (χ4n) is 4.51. The highest BCUT2D eigenvalue weighted by Crippen LogP contribution is 2.56. The number of nitriles is 3. The molecule has 2 aliphatic carbocycles. The molecule has 5 nitrogen and oxygen atoms in total. The van der Waals surface area contributed by atoms with Crippen LogP contribution in [0.3, 0.4) is 0 Å². The lowest BCUT2D eigenvalue weighted by Gasteiger charge is -2.12. The van der Waals surface area contributed by atoms with E-state index >= 15 is 4.39 Å². The molecular formula is C26H10F2N4O. The number of benzene rings is 2. The summed E-state index contributed by atoms with van der Waals surface area (Å²) >= 11 is 0. The van der Waals surface area contributed by atoms with E-state index in [0.717, 1.165) is 12.1 Å². The summed E-state index contributed by atoms with van der Waals surface area (Å²) in [5.74, 6) is -1.85. The maximum atomic E-state index is 15.1. The normalized spacial score (nSPS) is 16.5. The van der Waals surface area contributed by atoms with Crippen molar-refractivity contribution < 1.29 is 13.9 Å². The predicted molar refractivity (Wildman–Crippen MR) is 115 cm³/mol. The van der Waals surface area contributed by atoms with Gasteiger partial charge in [-0.15, -0.1) is 0 Å². The number of allylic oxidation sites excluding steroid dienone is 5. The zero-order chi connectivity index (χ0) is 23.3. The number of nitrogens with zero attached hydrogens (tertiary/aromatic N) is 4. The Balaban J connectivity index is 2.06. The largest absolute Gasteiger partial charge is 0.507 e. The first kappa shape index (κ1) is 19.9. The molecule has 0 atom stereocenters. The van der Waals surface area contributed by atoms with Gasteiger partial charge in [0.2, 0.25) is 0 Å². The van der Waals surface area contributed by atoms with Gasteiger partial charge >= 0.3 is 0 Å². The molecule has 0 fully saturated rings. The van der Waals surface area contributed by atoms with Crippen LogP contribution in [0.4, 0.5) is 8.78 Å². The smallest absolute Gasteiger partial charge is 0.138 e. The highest BCUT2D eigenvalue weighted by Gasteiger charge is 2.39. The molecule has 0 saturated carbocycles. The first-order valence-corrected chi connectivity index (χ1v) is 9.69. The lowest BCUT2D eigenvalue weighted by atomic mass is 9.89. The predicted octanol–water partition coefficient (Wildman–Crippen LogP) is 5.27. The topological polar surface area (TPSA) is 104 Å². The summed E-state index contributed by atoms with van der Waals surface area (Å²) in [5.41, 5.74) is 2.37. The minimum absolute atomic E-state index is 0.0324. The van der Waals surface area contributed by atoms with Crippen LogP contribution in [0.25, 0.3) is 28.0 Å². The molecule has 154 valence electrons. The van der Waals surface area contributed by atoms with E-state index in [1.165, 1.54) is 6.07 Å². The molecule has 2 aromatic carbocycles. The lowest BCUT2D eigenvalue weighted by molar-refractivity contribution is 0.477. The Morgan fingerprint density at radius 3 is 2.39 bits per heavy atom. The van der Waals surface area contributed by atoms with E-state index in [1.54, 1.807) is 42.6 Å². The van der Waals surface area contributed by atoms with E-state index in [9.17, 15) is 25.3 Å².